The molecule has 10 heteroatoms. The van der Waals surface area contributed by atoms with Crippen LogP contribution in [0.5, 0.6) is 0 Å². The van der Waals surface area contributed by atoms with Gasteiger partial charge in [0.25, 0.3) is 0 Å². The summed E-state index contributed by atoms with van der Waals surface area (Å²) in [6.07, 6.45) is -2.04. The van der Waals surface area contributed by atoms with E-state index in [4.69, 9.17) is 10.3 Å². The van der Waals surface area contributed by atoms with Crippen LogP contribution in [0, 0.1) is 12.7 Å². The third kappa shape index (κ3) is 4.90. The molecule has 1 aliphatic heterocycles. The number of halogens is 1. The van der Waals surface area contributed by atoms with Crippen molar-refractivity contribution in [2.24, 2.45) is 5.11 Å². The van der Waals surface area contributed by atoms with Gasteiger partial charge in [-0.2, -0.15) is 0 Å². The Balaban J connectivity index is 2.22. The molecule has 0 unspecified atom stereocenters. The predicted octanol–water partition coefficient (Wildman–Crippen LogP) is 2.41. The van der Waals surface area contributed by atoms with E-state index in [0.29, 0.717) is 5.56 Å². The minimum Gasteiger partial charge on any atom is -0.444 e. The molecule has 2 rings (SSSR count). The first-order valence-electron chi connectivity index (χ1n) is 8.78. The Morgan fingerprint density at radius 3 is 2.75 bits per heavy atom. The molecule has 0 saturated carbocycles. The summed E-state index contributed by atoms with van der Waals surface area (Å²) in [5.74, 6) is -1.12. The monoisotopic (exact) mass is 393 g/mol. The summed E-state index contributed by atoms with van der Waals surface area (Å²) in [7, 11) is 0. The van der Waals surface area contributed by atoms with Gasteiger partial charge >= 0.3 is 6.09 Å². The molecule has 2 amide bonds. The van der Waals surface area contributed by atoms with Gasteiger partial charge in [-0.1, -0.05) is 23.3 Å². The SMILES string of the molecule is Cc1cccc(CNC(=O)[C@@H]2[C@H](N=[N+]=[N-])[C@@H](O)CN2C(=O)OC(C)(C)C)c1F. The molecular formula is C18H24FN5O4. The number of aliphatic hydroxyl groups excluding tert-OH is 1. The number of benzene rings is 1. The van der Waals surface area contributed by atoms with Gasteiger partial charge in [0.1, 0.15) is 17.5 Å². The topological polar surface area (TPSA) is 128 Å². The molecule has 2 N–H and O–H groups in total. The van der Waals surface area contributed by atoms with Crippen LogP contribution in [0.15, 0.2) is 23.3 Å². The van der Waals surface area contributed by atoms with Crippen molar-refractivity contribution in [2.45, 2.75) is 58.0 Å². The van der Waals surface area contributed by atoms with Crippen molar-refractivity contribution in [1.82, 2.24) is 10.2 Å². The Bertz CT molecular complexity index is 804. The fourth-order valence-electron chi connectivity index (χ4n) is 2.95. The third-order valence-electron chi connectivity index (χ3n) is 4.24. The van der Waals surface area contributed by atoms with Crippen LogP contribution in [0.25, 0.3) is 10.4 Å². The number of carbonyl (C=O) groups is 2. The van der Waals surface area contributed by atoms with Crippen LogP contribution >= 0.6 is 0 Å². The van der Waals surface area contributed by atoms with Gasteiger partial charge in [-0.3, -0.25) is 9.69 Å². The number of carbonyl (C=O) groups excluding carboxylic acids is 2. The van der Waals surface area contributed by atoms with E-state index in [1.165, 1.54) is 6.07 Å². The lowest BCUT2D eigenvalue weighted by atomic mass is 10.1. The van der Waals surface area contributed by atoms with Gasteiger partial charge in [-0.05, 0) is 38.8 Å². The Kier molecular flexibility index (Phi) is 6.48. The molecule has 1 fully saturated rings. The number of amides is 2. The summed E-state index contributed by atoms with van der Waals surface area (Å²) in [4.78, 5) is 28.9. The molecule has 0 bridgehead atoms. The molecule has 1 aromatic rings. The molecule has 1 aromatic carbocycles. The zero-order valence-corrected chi connectivity index (χ0v) is 16.2. The lowest BCUT2D eigenvalue weighted by molar-refractivity contribution is -0.126. The number of likely N-dealkylation sites (tertiary alicyclic amines) is 1. The van der Waals surface area contributed by atoms with Crippen LogP contribution in [-0.4, -0.2) is 52.3 Å². The van der Waals surface area contributed by atoms with Crippen molar-refractivity contribution >= 4 is 12.0 Å². The second kappa shape index (κ2) is 8.45. The minimum atomic E-state index is -1.27. The summed E-state index contributed by atoms with van der Waals surface area (Å²) < 4.78 is 19.4. The van der Waals surface area contributed by atoms with Crippen molar-refractivity contribution in [3.05, 3.63) is 45.6 Å². The highest BCUT2D eigenvalue weighted by atomic mass is 19.1. The summed E-state index contributed by atoms with van der Waals surface area (Å²) in [5, 5.41) is 16.2. The first-order chi connectivity index (χ1) is 13.0. The number of nitrogens with one attached hydrogen (secondary N) is 1. The van der Waals surface area contributed by atoms with E-state index in [-0.39, 0.29) is 18.7 Å². The number of nitrogens with zero attached hydrogens (tertiary/aromatic N) is 4. The van der Waals surface area contributed by atoms with Crippen molar-refractivity contribution in [2.75, 3.05) is 6.54 Å². The third-order valence-corrected chi connectivity index (χ3v) is 4.24. The molecule has 152 valence electrons. The zero-order valence-electron chi connectivity index (χ0n) is 16.2. The lowest BCUT2D eigenvalue weighted by Crippen LogP contribution is -2.51. The molecule has 1 saturated heterocycles. The van der Waals surface area contributed by atoms with Gasteiger partial charge in [0.15, 0.2) is 0 Å². The molecular weight excluding hydrogens is 369 g/mol. The molecule has 0 aliphatic carbocycles. The maximum atomic E-state index is 14.1. The van der Waals surface area contributed by atoms with E-state index in [1.807, 2.05) is 0 Å². The van der Waals surface area contributed by atoms with Crippen molar-refractivity contribution in [3.63, 3.8) is 0 Å². The van der Waals surface area contributed by atoms with Gasteiger partial charge in [0.05, 0.1) is 18.7 Å². The van der Waals surface area contributed by atoms with Crippen molar-refractivity contribution in [3.8, 4) is 0 Å². The first-order valence-corrected chi connectivity index (χ1v) is 8.78. The summed E-state index contributed by atoms with van der Waals surface area (Å²) in [6, 6.07) is 2.35. The number of rotatable bonds is 4. The fourth-order valence-corrected chi connectivity index (χ4v) is 2.95. The van der Waals surface area contributed by atoms with Crippen LogP contribution in [0.1, 0.15) is 31.9 Å². The molecule has 3 atom stereocenters. The molecule has 1 aliphatic rings. The molecule has 9 nitrogen and oxygen atoms in total. The maximum absolute atomic E-state index is 14.1. The maximum Gasteiger partial charge on any atom is 0.411 e. The van der Waals surface area contributed by atoms with Crippen LogP contribution in [-0.2, 0) is 16.1 Å². The van der Waals surface area contributed by atoms with Crippen molar-refractivity contribution < 1.29 is 23.8 Å². The smallest absolute Gasteiger partial charge is 0.411 e. The first kappa shape index (κ1) is 21.5. The molecule has 1 heterocycles. The average molecular weight is 393 g/mol. The van der Waals surface area contributed by atoms with Crippen LogP contribution in [0.4, 0.5) is 9.18 Å². The molecule has 0 aromatic heterocycles. The zero-order chi connectivity index (χ0) is 21.1. The predicted molar refractivity (Wildman–Crippen MR) is 98.7 cm³/mol. The Morgan fingerprint density at radius 2 is 2.14 bits per heavy atom. The van der Waals surface area contributed by atoms with E-state index in [2.05, 4.69) is 15.3 Å². The molecule has 0 radical (unpaired) electrons. The largest absolute Gasteiger partial charge is 0.444 e. The van der Waals surface area contributed by atoms with Crippen LogP contribution in [0.2, 0.25) is 0 Å². The number of aliphatic hydroxyl groups is 1. The van der Waals surface area contributed by atoms with E-state index >= 15 is 0 Å². The van der Waals surface area contributed by atoms with Gasteiger partial charge in [0.2, 0.25) is 5.91 Å². The quantitative estimate of drug-likeness (QED) is 0.462. The number of β-amino-alcohol motifs (C(OH)–C–C–N with tert-alkyl or cyclic N) is 1. The van der Waals surface area contributed by atoms with Crippen LogP contribution < -0.4 is 5.32 Å². The standard InChI is InChI=1S/C18H24FN5O4/c1-10-6-5-7-11(13(10)19)8-21-16(26)15-14(22-23-20)12(25)9-24(15)17(27)28-18(2,3)4/h5-7,12,14-15,25H,8-9H2,1-4H3,(H,21,26)/t12-,14+,15-/m0/s1. The van der Waals surface area contributed by atoms with Gasteiger partial charge in [0, 0.05) is 17.0 Å². The minimum absolute atomic E-state index is 0.121. The number of hydrogen-bond acceptors (Lipinski definition) is 5. The number of hydrogen-bond donors (Lipinski definition) is 2. The molecule has 0 spiro atoms. The highest BCUT2D eigenvalue weighted by molar-refractivity contribution is 5.87. The Hall–Kier alpha value is -2.84. The Labute approximate surface area is 162 Å². The molecule has 28 heavy (non-hydrogen) atoms. The average Bonchev–Trinajstić information content (AvgIpc) is 2.92. The number of aryl methyl sites for hydroxylation is 1. The van der Waals surface area contributed by atoms with Crippen molar-refractivity contribution in [1.29, 1.82) is 0 Å². The Morgan fingerprint density at radius 1 is 1.46 bits per heavy atom. The second-order valence-electron chi connectivity index (χ2n) is 7.61. The summed E-state index contributed by atoms with van der Waals surface area (Å²) in [6.45, 7) is 6.25. The van der Waals surface area contributed by atoms with E-state index in [0.717, 1.165) is 4.90 Å². The van der Waals surface area contributed by atoms with Gasteiger partial charge < -0.3 is 15.2 Å². The van der Waals surface area contributed by atoms with Crippen LogP contribution in [0.3, 0.4) is 0 Å². The number of ether oxygens (including phenoxy) is 1. The lowest BCUT2D eigenvalue weighted by Gasteiger charge is -2.28. The van der Waals surface area contributed by atoms with E-state index < -0.39 is 41.6 Å². The highest BCUT2D eigenvalue weighted by Gasteiger charge is 2.48. The van der Waals surface area contributed by atoms with E-state index in [9.17, 15) is 19.1 Å². The highest BCUT2D eigenvalue weighted by Crippen LogP contribution is 2.25. The summed E-state index contributed by atoms with van der Waals surface area (Å²) >= 11 is 0. The van der Waals surface area contributed by atoms with Gasteiger partial charge in [-0.15, -0.1) is 0 Å². The second-order valence-corrected chi connectivity index (χ2v) is 7.61. The summed E-state index contributed by atoms with van der Waals surface area (Å²) in [5.41, 5.74) is 8.66. The van der Waals surface area contributed by atoms with E-state index in [1.54, 1.807) is 39.8 Å². The fraction of sp³-hybridized carbons (Fsp3) is 0.556. The van der Waals surface area contributed by atoms with Gasteiger partial charge in [-0.25, -0.2) is 9.18 Å². The normalized spacial score (nSPS) is 21.8. The number of azide groups is 1.